The van der Waals surface area contributed by atoms with Crippen LogP contribution in [0.3, 0.4) is 0 Å². The first kappa shape index (κ1) is 18.0. The first-order valence-electron chi connectivity index (χ1n) is 7.94. The lowest BCUT2D eigenvalue weighted by molar-refractivity contribution is -0.132. The number of hydrogen-bond donors (Lipinski definition) is 2. The monoisotopic (exact) mass is 336 g/mol. The summed E-state index contributed by atoms with van der Waals surface area (Å²) in [7, 11) is 1.61. The smallest absolute Gasteiger partial charge is 0.343 e. The summed E-state index contributed by atoms with van der Waals surface area (Å²) in [6.45, 7) is 8.35. The van der Waals surface area contributed by atoms with Crippen LogP contribution in [-0.4, -0.2) is 40.7 Å². The molecule has 2 heterocycles. The van der Waals surface area contributed by atoms with Gasteiger partial charge in [0.05, 0.1) is 12.8 Å². The van der Waals surface area contributed by atoms with E-state index in [1.165, 1.54) is 10.9 Å². The summed E-state index contributed by atoms with van der Waals surface area (Å²) in [5.74, 6) is -2.03. The van der Waals surface area contributed by atoms with Crippen LogP contribution in [0.25, 0.3) is 0 Å². The van der Waals surface area contributed by atoms with Gasteiger partial charge in [0.1, 0.15) is 17.3 Å². The van der Waals surface area contributed by atoms with Crippen molar-refractivity contribution in [3.63, 3.8) is 0 Å². The highest BCUT2D eigenvalue weighted by Crippen LogP contribution is 2.35. The summed E-state index contributed by atoms with van der Waals surface area (Å²) >= 11 is 0. The van der Waals surface area contributed by atoms with E-state index in [9.17, 15) is 14.4 Å². The predicted octanol–water partition coefficient (Wildman–Crippen LogP) is 0.944. The summed E-state index contributed by atoms with van der Waals surface area (Å²) in [5.41, 5.74) is -0.0455. The number of aromatic nitrogens is 2. The van der Waals surface area contributed by atoms with E-state index in [1.54, 1.807) is 14.0 Å². The predicted molar refractivity (Wildman–Crippen MR) is 87.2 cm³/mol. The lowest BCUT2D eigenvalue weighted by Crippen LogP contribution is -2.38. The number of rotatable bonds is 4. The molecular formula is C16H24N4O4. The zero-order valence-electron chi connectivity index (χ0n) is 14.7. The number of ether oxygens (including phenoxy) is 1. The fraction of sp³-hybridized carbons (Fsp3) is 0.625. The molecule has 0 aromatic carbocycles. The molecule has 132 valence electrons. The number of hydrogen-bond acceptors (Lipinski definition) is 5. The summed E-state index contributed by atoms with van der Waals surface area (Å²) < 4.78 is 6.34. The zero-order chi connectivity index (χ0) is 18.1. The van der Waals surface area contributed by atoms with Gasteiger partial charge in [-0.15, -0.1) is 0 Å². The summed E-state index contributed by atoms with van der Waals surface area (Å²) in [6, 6.07) is 0. The SMILES string of the molecule is CCOC(=O)c1cnn(C)c1NC(=O)[C@@H]1C(=O)NC[C@@H]1C(C)(C)C. The van der Waals surface area contributed by atoms with Crippen molar-refractivity contribution in [2.45, 2.75) is 27.7 Å². The Kier molecular flexibility index (Phi) is 4.96. The number of carbonyl (C=O) groups is 3. The summed E-state index contributed by atoms with van der Waals surface area (Å²) in [4.78, 5) is 36.8. The fourth-order valence-electron chi connectivity index (χ4n) is 2.87. The quantitative estimate of drug-likeness (QED) is 0.629. The van der Waals surface area contributed by atoms with Gasteiger partial charge in [-0.05, 0) is 12.3 Å². The third-order valence-electron chi connectivity index (χ3n) is 4.25. The van der Waals surface area contributed by atoms with Crippen molar-refractivity contribution in [2.24, 2.45) is 24.3 Å². The van der Waals surface area contributed by atoms with Crippen LogP contribution in [-0.2, 0) is 21.4 Å². The molecule has 1 saturated heterocycles. The third-order valence-corrected chi connectivity index (χ3v) is 4.25. The average molecular weight is 336 g/mol. The number of aryl methyl sites for hydroxylation is 1. The van der Waals surface area contributed by atoms with Gasteiger partial charge in [0, 0.05) is 19.5 Å². The van der Waals surface area contributed by atoms with Crippen molar-refractivity contribution < 1.29 is 19.1 Å². The zero-order valence-corrected chi connectivity index (χ0v) is 14.7. The standard InChI is InChI=1S/C16H24N4O4/c1-6-24-15(23)9-7-18-20(5)12(9)19-14(22)11-10(16(2,3)4)8-17-13(11)21/h7,10-11H,6,8H2,1-5H3,(H,17,21)(H,19,22)/t10-,11-/m0/s1. The minimum atomic E-state index is -0.810. The van der Waals surface area contributed by atoms with Crippen molar-refractivity contribution in [1.82, 2.24) is 15.1 Å². The molecule has 1 aromatic rings. The topological polar surface area (TPSA) is 102 Å². The number of anilines is 1. The maximum atomic E-state index is 12.7. The minimum absolute atomic E-state index is 0.135. The highest BCUT2D eigenvalue weighted by Gasteiger charge is 2.46. The van der Waals surface area contributed by atoms with Crippen molar-refractivity contribution in [3.8, 4) is 0 Å². The van der Waals surface area contributed by atoms with Crippen LogP contribution in [0.1, 0.15) is 38.1 Å². The van der Waals surface area contributed by atoms with E-state index in [-0.39, 0.29) is 35.2 Å². The van der Waals surface area contributed by atoms with Crippen molar-refractivity contribution in [1.29, 1.82) is 0 Å². The van der Waals surface area contributed by atoms with Crippen molar-refractivity contribution >= 4 is 23.6 Å². The first-order valence-corrected chi connectivity index (χ1v) is 7.94. The molecular weight excluding hydrogens is 312 g/mol. The Morgan fingerprint density at radius 3 is 2.71 bits per heavy atom. The number of carbonyl (C=O) groups excluding carboxylic acids is 3. The van der Waals surface area contributed by atoms with E-state index in [2.05, 4.69) is 15.7 Å². The van der Waals surface area contributed by atoms with E-state index in [0.717, 1.165) is 0 Å². The largest absolute Gasteiger partial charge is 0.462 e. The van der Waals surface area contributed by atoms with Gasteiger partial charge in [-0.2, -0.15) is 5.10 Å². The van der Waals surface area contributed by atoms with Gasteiger partial charge in [0.2, 0.25) is 11.8 Å². The van der Waals surface area contributed by atoms with Crippen molar-refractivity contribution in [3.05, 3.63) is 11.8 Å². The molecule has 2 amide bonds. The van der Waals surface area contributed by atoms with E-state index in [4.69, 9.17) is 4.74 Å². The van der Waals surface area contributed by atoms with E-state index in [0.29, 0.717) is 6.54 Å². The molecule has 0 unspecified atom stereocenters. The van der Waals surface area contributed by atoms with Gasteiger partial charge >= 0.3 is 5.97 Å². The fourth-order valence-corrected chi connectivity index (χ4v) is 2.87. The highest BCUT2D eigenvalue weighted by atomic mass is 16.5. The Morgan fingerprint density at radius 1 is 1.46 bits per heavy atom. The molecule has 0 radical (unpaired) electrons. The molecule has 1 aliphatic rings. The van der Waals surface area contributed by atoms with Crippen LogP contribution < -0.4 is 10.6 Å². The Hall–Kier alpha value is -2.38. The van der Waals surface area contributed by atoms with Crippen LogP contribution >= 0.6 is 0 Å². The molecule has 1 aromatic heterocycles. The third kappa shape index (κ3) is 3.42. The van der Waals surface area contributed by atoms with Gasteiger partial charge in [-0.1, -0.05) is 20.8 Å². The highest BCUT2D eigenvalue weighted by molar-refractivity contribution is 6.09. The number of nitrogens with zero attached hydrogens (tertiary/aromatic N) is 2. The Balaban J connectivity index is 2.25. The second kappa shape index (κ2) is 6.62. The second-order valence-corrected chi connectivity index (χ2v) is 6.94. The minimum Gasteiger partial charge on any atom is -0.462 e. The van der Waals surface area contributed by atoms with Crippen LogP contribution in [0.5, 0.6) is 0 Å². The Bertz CT molecular complexity index is 660. The molecule has 8 heteroatoms. The average Bonchev–Trinajstić information content (AvgIpc) is 3.03. The lowest BCUT2D eigenvalue weighted by atomic mass is 9.74. The molecule has 0 saturated carbocycles. The molecule has 1 aliphatic heterocycles. The maximum absolute atomic E-state index is 12.7. The van der Waals surface area contributed by atoms with Gasteiger partial charge in [0.15, 0.2) is 0 Å². The van der Waals surface area contributed by atoms with E-state index >= 15 is 0 Å². The number of amides is 2. The molecule has 2 N–H and O–H groups in total. The Morgan fingerprint density at radius 2 is 2.12 bits per heavy atom. The van der Waals surface area contributed by atoms with Gasteiger partial charge in [-0.3, -0.25) is 14.3 Å². The number of nitrogens with one attached hydrogen (secondary N) is 2. The van der Waals surface area contributed by atoms with Crippen LogP contribution in [0.2, 0.25) is 0 Å². The van der Waals surface area contributed by atoms with Crippen LogP contribution in [0.4, 0.5) is 5.82 Å². The van der Waals surface area contributed by atoms with Gasteiger partial charge in [-0.25, -0.2) is 4.79 Å². The van der Waals surface area contributed by atoms with Crippen LogP contribution in [0, 0.1) is 17.3 Å². The molecule has 0 spiro atoms. The van der Waals surface area contributed by atoms with Crippen molar-refractivity contribution in [2.75, 3.05) is 18.5 Å². The molecule has 2 atom stereocenters. The van der Waals surface area contributed by atoms with Gasteiger partial charge in [0.25, 0.3) is 0 Å². The summed E-state index contributed by atoms with van der Waals surface area (Å²) in [5, 5.41) is 9.40. The molecule has 8 nitrogen and oxygen atoms in total. The van der Waals surface area contributed by atoms with Crippen LogP contribution in [0.15, 0.2) is 6.20 Å². The number of esters is 1. The summed E-state index contributed by atoms with van der Waals surface area (Å²) in [6.07, 6.45) is 1.34. The molecule has 1 fully saturated rings. The van der Waals surface area contributed by atoms with E-state index < -0.39 is 17.8 Å². The molecule has 0 aliphatic carbocycles. The molecule has 0 bridgehead atoms. The van der Waals surface area contributed by atoms with Gasteiger partial charge < -0.3 is 15.4 Å². The lowest BCUT2D eigenvalue weighted by Gasteiger charge is -2.29. The Labute approximate surface area is 140 Å². The molecule has 2 rings (SSSR count). The normalized spacial score (nSPS) is 20.6. The second-order valence-electron chi connectivity index (χ2n) is 6.94. The van der Waals surface area contributed by atoms with E-state index in [1.807, 2.05) is 20.8 Å². The molecule has 24 heavy (non-hydrogen) atoms. The first-order chi connectivity index (χ1) is 11.2. The maximum Gasteiger partial charge on any atom is 0.343 e.